The predicted octanol–water partition coefficient (Wildman–Crippen LogP) is 4.18. The van der Waals surface area contributed by atoms with E-state index >= 15 is 0 Å². The highest BCUT2D eigenvalue weighted by atomic mass is 19.4. The molecule has 1 N–H and O–H groups in total. The fourth-order valence-corrected chi connectivity index (χ4v) is 3.62. The molecule has 7 nitrogen and oxygen atoms in total. The van der Waals surface area contributed by atoms with Crippen LogP contribution in [0.4, 0.5) is 13.2 Å². The van der Waals surface area contributed by atoms with E-state index in [0.717, 1.165) is 12.1 Å². The molecule has 3 aromatic rings. The summed E-state index contributed by atoms with van der Waals surface area (Å²) in [6.45, 7) is 3.20. The number of rotatable bonds is 5. The van der Waals surface area contributed by atoms with E-state index < -0.39 is 11.7 Å². The van der Waals surface area contributed by atoms with Gasteiger partial charge in [-0.3, -0.25) is 9.59 Å². The summed E-state index contributed by atoms with van der Waals surface area (Å²) >= 11 is 0. The molecule has 0 saturated carbocycles. The molecule has 0 aliphatic carbocycles. The summed E-state index contributed by atoms with van der Waals surface area (Å²) in [6, 6.07) is 9.99. The van der Waals surface area contributed by atoms with Crippen molar-refractivity contribution in [2.24, 2.45) is 0 Å². The monoisotopic (exact) mass is 458 g/mol. The third-order valence-corrected chi connectivity index (χ3v) is 5.42. The maximum atomic E-state index is 12.7. The molecule has 0 spiro atoms. The molecule has 1 aliphatic rings. The molecule has 1 unspecified atom stereocenters. The minimum atomic E-state index is -4.47. The number of hydrogen-bond acceptors (Lipinski definition) is 5. The molecular weight excluding hydrogens is 437 g/mol. The standard InChI is InChI=1S/C23H21F3N4O3/c1-2-30-10-9-16(12-21(30)31)28-22(32)19-6-3-14-11-17(5-7-18(14)29-19)33-20-8-4-15(13-27-20)23(24,25)26/h3-8,11,13,16H,2,9-10,12H2,1H3,(H,28,32). The molecular formula is C23H21F3N4O3. The van der Waals surface area contributed by atoms with Crippen molar-refractivity contribution in [3.63, 3.8) is 0 Å². The number of halogens is 3. The van der Waals surface area contributed by atoms with Gasteiger partial charge < -0.3 is 15.0 Å². The van der Waals surface area contributed by atoms with Crippen LogP contribution in [0.25, 0.3) is 10.9 Å². The molecule has 172 valence electrons. The van der Waals surface area contributed by atoms with E-state index in [2.05, 4.69) is 15.3 Å². The maximum absolute atomic E-state index is 12.7. The molecule has 3 heterocycles. The number of pyridine rings is 2. The van der Waals surface area contributed by atoms with Gasteiger partial charge in [-0.1, -0.05) is 6.07 Å². The van der Waals surface area contributed by atoms with E-state index in [1.807, 2.05) is 6.92 Å². The van der Waals surface area contributed by atoms with Crippen molar-refractivity contribution in [3.05, 3.63) is 59.9 Å². The largest absolute Gasteiger partial charge is 0.439 e. The van der Waals surface area contributed by atoms with Crippen LogP contribution in [0.3, 0.4) is 0 Å². The van der Waals surface area contributed by atoms with Gasteiger partial charge in [0.25, 0.3) is 5.91 Å². The summed E-state index contributed by atoms with van der Waals surface area (Å²) < 4.78 is 43.5. The van der Waals surface area contributed by atoms with Crippen LogP contribution in [0, 0.1) is 0 Å². The Morgan fingerprint density at radius 3 is 2.70 bits per heavy atom. The molecule has 1 atom stereocenters. The molecule has 2 amide bonds. The molecule has 0 radical (unpaired) electrons. The number of fused-ring (bicyclic) bond motifs is 1. The zero-order chi connectivity index (χ0) is 23.6. The number of aromatic nitrogens is 2. The van der Waals surface area contributed by atoms with E-state index in [1.54, 1.807) is 35.2 Å². The maximum Gasteiger partial charge on any atom is 0.417 e. The van der Waals surface area contributed by atoms with Gasteiger partial charge in [-0.05, 0) is 43.7 Å². The second-order valence-electron chi connectivity index (χ2n) is 7.67. The van der Waals surface area contributed by atoms with Crippen LogP contribution in [0.15, 0.2) is 48.7 Å². The van der Waals surface area contributed by atoms with Crippen LogP contribution < -0.4 is 10.1 Å². The van der Waals surface area contributed by atoms with Gasteiger partial charge in [0, 0.05) is 43.2 Å². The van der Waals surface area contributed by atoms with Crippen LogP contribution >= 0.6 is 0 Å². The number of amides is 2. The highest BCUT2D eigenvalue weighted by Crippen LogP contribution is 2.30. The van der Waals surface area contributed by atoms with Crippen molar-refractivity contribution in [2.75, 3.05) is 13.1 Å². The summed E-state index contributed by atoms with van der Waals surface area (Å²) in [5.41, 5.74) is -0.0816. The Bertz CT molecular complexity index is 1180. The van der Waals surface area contributed by atoms with Crippen molar-refractivity contribution >= 4 is 22.7 Å². The predicted molar refractivity (Wildman–Crippen MR) is 114 cm³/mol. The zero-order valence-electron chi connectivity index (χ0n) is 17.7. The minimum Gasteiger partial charge on any atom is -0.439 e. The average molecular weight is 458 g/mol. The van der Waals surface area contributed by atoms with Crippen LogP contribution in [0.1, 0.15) is 35.8 Å². The average Bonchev–Trinajstić information content (AvgIpc) is 2.78. The lowest BCUT2D eigenvalue weighted by molar-refractivity contribution is -0.138. The van der Waals surface area contributed by atoms with Crippen molar-refractivity contribution in [2.45, 2.75) is 32.0 Å². The van der Waals surface area contributed by atoms with Crippen LogP contribution in [0.5, 0.6) is 11.6 Å². The Morgan fingerprint density at radius 2 is 2.03 bits per heavy atom. The highest BCUT2D eigenvalue weighted by Gasteiger charge is 2.30. The van der Waals surface area contributed by atoms with Crippen LogP contribution in [-0.4, -0.2) is 45.8 Å². The lowest BCUT2D eigenvalue weighted by atomic mass is 10.0. The molecule has 1 fully saturated rings. The number of likely N-dealkylation sites (tertiary alicyclic amines) is 1. The van der Waals surface area contributed by atoms with Crippen molar-refractivity contribution in [1.29, 1.82) is 0 Å². The fourth-order valence-electron chi connectivity index (χ4n) is 3.62. The Balaban J connectivity index is 1.43. The number of carbonyl (C=O) groups is 2. The Morgan fingerprint density at radius 1 is 1.21 bits per heavy atom. The van der Waals surface area contributed by atoms with Gasteiger partial charge in [0.2, 0.25) is 11.8 Å². The first kappa shape index (κ1) is 22.5. The van der Waals surface area contributed by atoms with Crippen LogP contribution in [-0.2, 0) is 11.0 Å². The number of nitrogens with zero attached hydrogens (tertiary/aromatic N) is 3. The van der Waals surface area contributed by atoms with Gasteiger partial charge in [0.05, 0.1) is 11.1 Å². The SMILES string of the molecule is CCN1CCC(NC(=O)c2ccc3cc(Oc4ccc(C(F)(F)F)cn4)ccc3n2)CC1=O. The van der Waals surface area contributed by atoms with E-state index in [-0.39, 0.29) is 35.9 Å². The Kier molecular flexibility index (Phi) is 6.17. The Labute approximate surface area is 187 Å². The molecule has 0 bridgehead atoms. The second-order valence-corrected chi connectivity index (χ2v) is 7.67. The number of carbonyl (C=O) groups excluding carboxylic acids is 2. The summed E-state index contributed by atoms with van der Waals surface area (Å²) in [5, 5.41) is 3.55. The first-order valence-corrected chi connectivity index (χ1v) is 10.4. The number of benzene rings is 1. The van der Waals surface area contributed by atoms with Crippen molar-refractivity contribution in [1.82, 2.24) is 20.2 Å². The van der Waals surface area contributed by atoms with Gasteiger partial charge in [0.1, 0.15) is 11.4 Å². The highest BCUT2D eigenvalue weighted by molar-refractivity contribution is 5.95. The third-order valence-electron chi connectivity index (χ3n) is 5.42. The molecule has 1 aliphatic heterocycles. The number of hydrogen-bond donors (Lipinski definition) is 1. The number of nitrogens with one attached hydrogen (secondary N) is 1. The molecule has 2 aromatic heterocycles. The molecule has 10 heteroatoms. The first-order valence-electron chi connectivity index (χ1n) is 10.4. The number of ether oxygens (including phenoxy) is 1. The summed E-state index contributed by atoms with van der Waals surface area (Å²) in [6.07, 6.45) is -2.79. The minimum absolute atomic E-state index is 0.0231. The van der Waals surface area contributed by atoms with Crippen molar-refractivity contribution < 1.29 is 27.5 Å². The van der Waals surface area contributed by atoms with Gasteiger partial charge in [-0.25, -0.2) is 9.97 Å². The van der Waals surface area contributed by atoms with E-state index in [4.69, 9.17) is 4.74 Å². The summed E-state index contributed by atoms with van der Waals surface area (Å²) in [4.78, 5) is 34.5. The van der Waals surface area contributed by atoms with E-state index in [0.29, 0.717) is 42.4 Å². The third kappa shape index (κ3) is 5.21. The first-order chi connectivity index (χ1) is 15.7. The molecule has 4 rings (SSSR count). The normalized spacial score (nSPS) is 16.7. The van der Waals surface area contributed by atoms with Crippen LogP contribution in [0.2, 0.25) is 0 Å². The molecule has 1 saturated heterocycles. The smallest absolute Gasteiger partial charge is 0.417 e. The van der Waals surface area contributed by atoms with Gasteiger partial charge in [-0.2, -0.15) is 13.2 Å². The quantitative estimate of drug-likeness (QED) is 0.620. The topological polar surface area (TPSA) is 84.4 Å². The van der Waals surface area contributed by atoms with Gasteiger partial charge >= 0.3 is 6.18 Å². The summed E-state index contributed by atoms with van der Waals surface area (Å²) in [7, 11) is 0. The lowest BCUT2D eigenvalue weighted by Gasteiger charge is -2.31. The number of alkyl halides is 3. The van der Waals surface area contributed by atoms with Crippen molar-refractivity contribution in [3.8, 4) is 11.6 Å². The second kappa shape index (κ2) is 9.05. The summed E-state index contributed by atoms with van der Waals surface area (Å²) in [5.74, 6) is 0.0643. The van der Waals surface area contributed by atoms with Gasteiger partial charge in [0.15, 0.2) is 0 Å². The fraction of sp³-hybridized carbons (Fsp3) is 0.304. The lowest BCUT2D eigenvalue weighted by Crippen LogP contribution is -2.47. The zero-order valence-corrected chi connectivity index (χ0v) is 17.7. The molecule has 33 heavy (non-hydrogen) atoms. The van der Waals surface area contributed by atoms with E-state index in [1.165, 1.54) is 0 Å². The van der Waals surface area contributed by atoms with E-state index in [9.17, 15) is 22.8 Å². The van der Waals surface area contributed by atoms with Gasteiger partial charge in [-0.15, -0.1) is 0 Å². The molecule has 1 aromatic carbocycles. The number of piperidine rings is 1. The Hall–Kier alpha value is -3.69.